The Bertz CT molecular complexity index is 1420. The molecule has 170 valence electrons. The lowest BCUT2D eigenvalue weighted by atomic mass is 10.1. The molecule has 1 aliphatic rings. The number of imide groups is 1. The number of thiazole rings is 1. The largest absolute Gasteiger partial charge is 0.278 e. The molecule has 0 aliphatic carbocycles. The van der Waals surface area contributed by atoms with E-state index >= 15 is 0 Å². The van der Waals surface area contributed by atoms with E-state index in [-0.39, 0.29) is 37.1 Å². The van der Waals surface area contributed by atoms with Gasteiger partial charge in [0.05, 0.1) is 28.1 Å². The van der Waals surface area contributed by atoms with Gasteiger partial charge in [-0.2, -0.15) is 0 Å². The average Bonchev–Trinajstić information content (AvgIpc) is 3.43. The SMILES string of the molecule is Cc1c(Cl)ccc2sc(N(Cc3ccccn3)C(=O)c3cccc(N4C(=O)CCC4=O)c3)nc12. The smallest absolute Gasteiger partial charge is 0.260 e. The molecule has 0 spiro atoms. The van der Waals surface area contributed by atoms with Crippen molar-refractivity contribution in [3.63, 3.8) is 0 Å². The van der Waals surface area contributed by atoms with Gasteiger partial charge in [0.2, 0.25) is 11.8 Å². The van der Waals surface area contributed by atoms with Gasteiger partial charge in [-0.1, -0.05) is 35.1 Å². The fourth-order valence-corrected chi connectivity index (χ4v) is 5.06. The molecule has 0 radical (unpaired) electrons. The van der Waals surface area contributed by atoms with Gasteiger partial charge in [0, 0.05) is 29.6 Å². The van der Waals surface area contributed by atoms with Crippen LogP contribution >= 0.6 is 22.9 Å². The third-order valence-electron chi connectivity index (χ3n) is 5.66. The van der Waals surface area contributed by atoms with E-state index in [1.165, 1.54) is 11.3 Å². The van der Waals surface area contributed by atoms with Crippen LogP contribution in [0, 0.1) is 6.92 Å². The quantitative estimate of drug-likeness (QED) is 0.361. The molecule has 0 unspecified atom stereocenters. The number of hydrogen-bond acceptors (Lipinski definition) is 6. The van der Waals surface area contributed by atoms with Gasteiger partial charge in [0.25, 0.3) is 5.91 Å². The Labute approximate surface area is 204 Å². The van der Waals surface area contributed by atoms with Crippen LogP contribution in [0.2, 0.25) is 5.02 Å². The predicted octanol–water partition coefficient (Wildman–Crippen LogP) is 5.15. The first-order chi connectivity index (χ1) is 16.4. The summed E-state index contributed by atoms with van der Waals surface area (Å²) >= 11 is 7.67. The Morgan fingerprint density at radius 3 is 2.62 bits per heavy atom. The van der Waals surface area contributed by atoms with Crippen LogP contribution in [0.3, 0.4) is 0 Å². The first-order valence-corrected chi connectivity index (χ1v) is 11.8. The Morgan fingerprint density at radius 2 is 1.88 bits per heavy atom. The molecule has 3 heterocycles. The van der Waals surface area contributed by atoms with E-state index in [2.05, 4.69) is 4.98 Å². The van der Waals surface area contributed by atoms with Crippen LogP contribution < -0.4 is 9.80 Å². The van der Waals surface area contributed by atoms with Gasteiger partial charge in [0.15, 0.2) is 5.13 Å². The highest BCUT2D eigenvalue weighted by molar-refractivity contribution is 7.22. The molecule has 7 nitrogen and oxygen atoms in total. The number of fused-ring (bicyclic) bond motifs is 1. The zero-order chi connectivity index (χ0) is 23.8. The number of amides is 3. The third kappa shape index (κ3) is 4.06. The molecular formula is C25H19ClN4O3S. The first kappa shape index (κ1) is 22.2. The van der Waals surface area contributed by atoms with E-state index in [1.807, 2.05) is 37.3 Å². The summed E-state index contributed by atoms with van der Waals surface area (Å²) in [5, 5.41) is 1.12. The van der Waals surface area contributed by atoms with Crippen molar-refractivity contribution < 1.29 is 14.4 Å². The molecule has 1 saturated heterocycles. The molecule has 0 N–H and O–H groups in total. The van der Waals surface area contributed by atoms with E-state index in [0.29, 0.717) is 27.1 Å². The molecule has 1 aliphatic heterocycles. The van der Waals surface area contributed by atoms with Crippen LogP contribution in [0.15, 0.2) is 60.8 Å². The van der Waals surface area contributed by atoms with Crippen molar-refractivity contribution >= 4 is 61.7 Å². The highest BCUT2D eigenvalue weighted by atomic mass is 35.5. The molecule has 2 aromatic carbocycles. The molecule has 9 heteroatoms. The molecule has 0 bridgehead atoms. The second-order valence-electron chi connectivity index (χ2n) is 7.90. The summed E-state index contributed by atoms with van der Waals surface area (Å²) in [7, 11) is 0. The fraction of sp³-hybridized carbons (Fsp3) is 0.160. The number of hydrogen-bond donors (Lipinski definition) is 0. The van der Waals surface area contributed by atoms with Crippen LogP contribution in [0.4, 0.5) is 10.8 Å². The first-order valence-electron chi connectivity index (χ1n) is 10.7. The highest BCUT2D eigenvalue weighted by Gasteiger charge is 2.31. The number of halogens is 1. The molecule has 0 saturated carbocycles. The number of nitrogens with zero attached hydrogens (tertiary/aromatic N) is 4. The van der Waals surface area contributed by atoms with Gasteiger partial charge in [-0.15, -0.1) is 0 Å². The highest BCUT2D eigenvalue weighted by Crippen LogP contribution is 2.35. The number of aryl methyl sites for hydroxylation is 1. The van der Waals surface area contributed by atoms with Gasteiger partial charge < -0.3 is 0 Å². The van der Waals surface area contributed by atoms with Gasteiger partial charge >= 0.3 is 0 Å². The number of pyridine rings is 1. The lowest BCUT2D eigenvalue weighted by molar-refractivity contribution is -0.121. The summed E-state index contributed by atoms with van der Waals surface area (Å²) in [4.78, 5) is 50.0. The van der Waals surface area contributed by atoms with E-state index in [4.69, 9.17) is 16.6 Å². The maximum absolute atomic E-state index is 13.8. The number of aromatic nitrogens is 2. The van der Waals surface area contributed by atoms with E-state index in [0.717, 1.165) is 20.7 Å². The zero-order valence-corrected chi connectivity index (χ0v) is 19.8. The Hall–Kier alpha value is -3.62. The summed E-state index contributed by atoms with van der Waals surface area (Å²) in [5.74, 6) is -0.841. The number of carbonyl (C=O) groups excluding carboxylic acids is 3. The van der Waals surface area contributed by atoms with Crippen LogP contribution in [0.25, 0.3) is 10.2 Å². The molecular weight excluding hydrogens is 472 g/mol. The molecule has 2 aromatic heterocycles. The van der Waals surface area contributed by atoms with Crippen molar-refractivity contribution in [2.45, 2.75) is 26.3 Å². The average molecular weight is 491 g/mol. The van der Waals surface area contributed by atoms with Crippen molar-refractivity contribution in [2.24, 2.45) is 0 Å². The molecule has 34 heavy (non-hydrogen) atoms. The van der Waals surface area contributed by atoms with Crippen molar-refractivity contribution in [3.05, 3.63) is 82.6 Å². The normalized spacial score (nSPS) is 13.6. The van der Waals surface area contributed by atoms with Gasteiger partial charge in [-0.25, -0.2) is 4.98 Å². The maximum Gasteiger partial charge on any atom is 0.260 e. The summed E-state index contributed by atoms with van der Waals surface area (Å²) in [6.07, 6.45) is 2.03. The lowest BCUT2D eigenvalue weighted by Crippen LogP contribution is -2.32. The van der Waals surface area contributed by atoms with Crippen LogP contribution in [0.5, 0.6) is 0 Å². The standard InChI is InChI=1S/C25H19ClN4O3S/c1-15-19(26)8-9-20-23(15)28-25(34-20)29(14-17-6-2-3-12-27-17)24(33)16-5-4-7-18(13-16)30-21(31)10-11-22(30)32/h2-9,12-13H,10-11,14H2,1H3. The van der Waals surface area contributed by atoms with E-state index in [9.17, 15) is 14.4 Å². The minimum absolute atomic E-state index is 0.177. The Kier molecular flexibility index (Phi) is 5.85. The minimum atomic E-state index is -0.311. The predicted molar refractivity (Wildman–Crippen MR) is 132 cm³/mol. The van der Waals surface area contributed by atoms with Crippen molar-refractivity contribution in [3.8, 4) is 0 Å². The van der Waals surface area contributed by atoms with Gasteiger partial charge in [-0.05, 0) is 55.0 Å². The number of rotatable bonds is 5. The van der Waals surface area contributed by atoms with Crippen molar-refractivity contribution in [1.29, 1.82) is 0 Å². The van der Waals surface area contributed by atoms with E-state index in [1.54, 1.807) is 35.4 Å². The van der Waals surface area contributed by atoms with Gasteiger partial charge in [-0.3, -0.25) is 29.2 Å². The summed E-state index contributed by atoms with van der Waals surface area (Å²) in [5.41, 5.74) is 3.03. The molecule has 0 atom stereocenters. The molecule has 3 amide bonds. The minimum Gasteiger partial charge on any atom is -0.278 e. The second kappa shape index (κ2) is 8.96. The maximum atomic E-state index is 13.8. The molecule has 4 aromatic rings. The fourth-order valence-electron chi connectivity index (χ4n) is 3.88. The zero-order valence-electron chi connectivity index (χ0n) is 18.2. The Balaban J connectivity index is 1.56. The van der Waals surface area contributed by atoms with Crippen LogP contribution in [-0.4, -0.2) is 27.7 Å². The van der Waals surface area contributed by atoms with Crippen LogP contribution in [-0.2, 0) is 16.1 Å². The summed E-state index contributed by atoms with van der Waals surface area (Å²) in [6, 6.07) is 15.8. The summed E-state index contributed by atoms with van der Waals surface area (Å²) < 4.78 is 0.915. The second-order valence-corrected chi connectivity index (χ2v) is 9.32. The topological polar surface area (TPSA) is 83.5 Å². The molecule has 1 fully saturated rings. The lowest BCUT2D eigenvalue weighted by Gasteiger charge is -2.21. The van der Waals surface area contributed by atoms with Gasteiger partial charge in [0.1, 0.15) is 0 Å². The Morgan fingerprint density at radius 1 is 1.09 bits per heavy atom. The number of benzene rings is 2. The van der Waals surface area contributed by atoms with Crippen molar-refractivity contribution in [2.75, 3.05) is 9.80 Å². The van der Waals surface area contributed by atoms with E-state index < -0.39 is 0 Å². The molecule has 5 rings (SSSR count). The monoisotopic (exact) mass is 490 g/mol. The third-order valence-corrected chi connectivity index (χ3v) is 7.11. The number of anilines is 2. The van der Waals surface area contributed by atoms with Crippen LogP contribution in [0.1, 0.15) is 34.5 Å². The summed E-state index contributed by atoms with van der Waals surface area (Å²) in [6.45, 7) is 2.10. The van der Waals surface area contributed by atoms with Crippen molar-refractivity contribution in [1.82, 2.24) is 9.97 Å². The number of carbonyl (C=O) groups is 3.